The number of nitrogens with one attached hydrogen (secondary N) is 1. The first-order valence-electron chi connectivity index (χ1n) is 5.58. The Kier molecular flexibility index (Phi) is 3.72. The van der Waals surface area contributed by atoms with E-state index < -0.39 is 18.9 Å². The van der Waals surface area contributed by atoms with Gasteiger partial charge in [-0.15, -0.1) is 0 Å². The second-order valence-corrected chi connectivity index (χ2v) is 4.01. The quantitative estimate of drug-likeness (QED) is 0.833. The number of carbonyl (C=O) groups is 1. The summed E-state index contributed by atoms with van der Waals surface area (Å²) in [6, 6.07) is 5.83. The molecular weight excluding hydrogens is 240 g/mol. The number of hydrogen-bond acceptors (Lipinski definition) is 3. The minimum absolute atomic E-state index is 0.351. The molecule has 1 atom stereocenters. The highest BCUT2D eigenvalue weighted by molar-refractivity contribution is 6.02. The zero-order valence-electron chi connectivity index (χ0n) is 9.82. The minimum atomic E-state index is -2.52. The van der Waals surface area contributed by atoms with Gasteiger partial charge in [0, 0.05) is 17.4 Å². The predicted octanol–water partition coefficient (Wildman–Crippen LogP) is 2.86. The molecule has 1 aromatic carbocycles. The zero-order valence-corrected chi connectivity index (χ0v) is 9.82. The van der Waals surface area contributed by atoms with Gasteiger partial charge in [0.2, 0.25) is 6.43 Å². The van der Waals surface area contributed by atoms with Crippen LogP contribution in [0.25, 0.3) is 11.0 Å². The van der Waals surface area contributed by atoms with Crippen LogP contribution < -0.4 is 5.32 Å². The van der Waals surface area contributed by atoms with Crippen molar-refractivity contribution in [3.05, 3.63) is 36.1 Å². The molecule has 18 heavy (non-hydrogen) atoms. The maximum Gasteiger partial charge on any atom is 0.240 e. The molecule has 0 aliphatic carbocycles. The summed E-state index contributed by atoms with van der Waals surface area (Å²) < 4.78 is 29.9. The van der Waals surface area contributed by atoms with Crippen molar-refractivity contribution in [3.8, 4) is 0 Å². The largest absolute Gasteiger partial charge is 0.464 e. The van der Waals surface area contributed by atoms with Crippen molar-refractivity contribution in [2.75, 3.05) is 7.05 Å². The Hall–Kier alpha value is -1.75. The molecular formula is C13H13F2NO2. The Morgan fingerprint density at radius 2 is 2.17 bits per heavy atom. The average Bonchev–Trinajstić information content (AvgIpc) is 2.81. The van der Waals surface area contributed by atoms with Gasteiger partial charge in [-0.2, -0.15) is 0 Å². The van der Waals surface area contributed by atoms with Crippen molar-refractivity contribution in [1.29, 1.82) is 0 Å². The number of rotatable bonds is 5. The molecule has 0 spiro atoms. The van der Waals surface area contributed by atoms with E-state index in [1.807, 2.05) is 0 Å². The van der Waals surface area contributed by atoms with E-state index in [1.165, 1.54) is 13.3 Å². The maximum absolute atomic E-state index is 12.3. The fraction of sp³-hybridized carbons (Fsp3) is 0.308. The minimum Gasteiger partial charge on any atom is -0.464 e. The highest BCUT2D eigenvalue weighted by Gasteiger charge is 2.22. The molecule has 2 aromatic rings. The lowest BCUT2D eigenvalue weighted by Gasteiger charge is -2.14. The summed E-state index contributed by atoms with van der Waals surface area (Å²) >= 11 is 0. The molecule has 0 aliphatic heterocycles. The molecule has 2 rings (SSSR count). The lowest BCUT2D eigenvalue weighted by molar-refractivity contribution is 0.0837. The van der Waals surface area contributed by atoms with Crippen molar-refractivity contribution < 1.29 is 18.0 Å². The molecule has 0 fully saturated rings. The Morgan fingerprint density at radius 3 is 2.83 bits per heavy atom. The molecule has 5 heteroatoms. The van der Waals surface area contributed by atoms with Gasteiger partial charge in [-0.25, -0.2) is 8.78 Å². The first-order valence-corrected chi connectivity index (χ1v) is 5.58. The van der Waals surface area contributed by atoms with Crippen LogP contribution in [0.3, 0.4) is 0 Å². The fourth-order valence-electron chi connectivity index (χ4n) is 1.84. The van der Waals surface area contributed by atoms with Crippen LogP contribution in [0.15, 0.2) is 34.9 Å². The standard InChI is InChI=1S/C13H13F2NO2/c1-16-10(7-12(14)15)13(17)9-3-2-8-4-5-18-11(8)6-9/h2-6,10,12,16H,7H2,1H3. The Balaban J connectivity index is 2.25. The van der Waals surface area contributed by atoms with Gasteiger partial charge in [-0.05, 0) is 19.2 Å². The number of fused-ring (bicyclic) bond motifs is 1. The number of carbonyl (C=O) groups excluding carboxylic acids is 1. The highest BCUT2D eigenvalue weighted by atomic mass is 19.3. The summed E-state index contributed by atoms with van der Waals surface area (Å²) in [7, 11) is 1.50. The summed E-state index contributed by atoms with van der Waals surface area (Å²) in [5.74, 6) is -0.351. The average molecular weight is 253 g/mol. The topological polar surface area (TPSA) is 42.2 Å². The van der Waals surface area contributed by atoms with Crippen LogP contribution in [0.5, 0.6) is 0 Å². The van der Waals surface area contributed by atoms with Gasteiger partial charge in [0.05, 0.1) is 12.3 Å². The lowest BCUT2D eigenvalue weighted by Crippen LogP contribution is -2.35. The lowest BCUT2D eigenvalue weighted by atomic mass is 10.0. The van der Waals surface area contributed by atoms with Gasteiger partial charge in [0.15, 0.2) is 5.78 Å². The van der Waals surface area contributed by atoms with Gasteiger partial charge in [-0.1, -0.05) is 12.1 Å². The smallest absolute Gasteiger partial charge is 0.240 e. The van der Waals surface area contributed by atoms with Crippen LogP contribution in [0, 0.1) is 0 Å². The maximum atomic E-state index is 12.3. The molecule has 1 aromatic heterocycles. The molecule has 0 radical (unpaired) electrons. The Labute approximate surface area is 103 Å². The summed E-state index contributed by atoms with van der Waals surface area (Å²) in [5.41, 5.74) is 0.949. The number of likely N-dealkylation sites (N-methyl/N-ethyl adjacent to an activating group) is 1. The van der Waals surface area contributed by atoms with Gasteiger partial charge in [-0.3, -0.25) is 4.79 Å². The first-order chi connectivity index (χ1) is 8.61. The van der Waals surface area contributed by atoms with Gasteiger partial charge in [0.1, 0.15) is 5.58 Å². The van der Waals surface area contributed by atoms with Crippen LogP contribution in [0.1, 0.15) is 16.8 Å². The molecule has 1 unspecified atom stereocenters. The number of halogens is 2. The van der Waals surface area contributed by atoms with Crippen molar-refractivity contribution in [2.24, 2.45) is 0 Å². The molecule has 3 nitrogen and oxygen atoms in total. The zero-order chi connectivity index (χ0) is 13.1. The van der Waals surface area contributed by atoms with E-state index in [-0.39, 0.29) is 5.78 Å². The monoisotopic (exact) mass is 253 g/mol. The van der Waals surface area contributed by atoms with Gasteiger partial charge in [0.25, 0.3) is 0 Å². The van der Waals surface area contributed by atoms with Gasteiger partial charge >= 0.3 is 0 Å². The number of ketones is 1. The molecule has 1 N–H and O–H groups in total. The van der Waals surface area contributed by atoms with Crippen LogP contribution in [-0.2, 0) is 0 Å². The van der Waals surface area contributed by atoms with Gasteiger partial charge < -0.3 is 9.73 Å². The van der Waals surface area contributed by atoms with E-state index in [4.69, 9.17) is 4.42 Å². The predicted molar refractivity (Wildman–Crippen MR) is 64.0 cm³/mol. The first kappa shape index (κ1) is 12.7. The number of alkyl halides is 2. The second kappa shape index (κ2) is 5.27. The second-order valence-electron chi connectivity index (χ2n) is 4.01. The molecule has 0 amide bonds. The molecule has 0 saturated carbocycles. The van der Waals surface area contributed by atoms with Crippen molar-refractivity contribution in [1.82, 2.24) is 5.32 Å². The molecule has 96 valence electrons. The molecule has 0 bridgehead atoms. The number of benzene rings is 1. The SMILES string of the molecule is CNC(CC(F)F)C(=O)c1ccc2ccoc2c1. The van der Waals surface area contributed by atoms with Crippen LogP contribution >= 0.6 is 0 Å². The van der Waals surface area contributed by atoms with E-state index in [0.717, 1.165) is 5.39 Å². The Bertz CT molecular complexity index is 551. The number of furan rings is 1. The van der Waals surface area contributed by atoms with Crippen LogP contribution in [0.4, 0.5) is 8.78 Å². The van der Waals surface area contributed by atoms with E-state index in [0.29, 0.717) is 11.1 Å². The van der Waals surface area contributed by atoms with Crippen molar-refractivity contribution in [3.63, 3.8) is 0 Å². The number of Topliss-reactive ketones (excluding diaryl/α,β-unsaturated/α-hetero) is 1. The van der Waals surface area contributed by atoms with E-state index in [1.54, 1.807) is 24.3 Å². The third-order valence-electron chi connectivity index (χ3n) is 2.82. The normalized spacial score (nSPS) is 13.1. The van der Waals surface area contributed by atoms with Crippen LogP contribution in [0.2, 0.25) is 0 Å². The molecule has 0 saturated heterocycles. The van der Waals surface area contributed by atoms with E-state index in [2.05, 4.69) is 5.32 Å². The third-order valence-corrected chi connectivity index (χ3v) is 2.82. The summed E-state index contributed by atoms with van der Waals surface area (Å²) in [5, 5.41) is 3.49. The molecule has 0 aliphatic rings. The van der Waals surface area contributed by atoms with Crippen molar-refractivity contribution in [2.45, 2.75) is 18.9 Å². The number of hydrogen-bond donors (Lipinski definition) is 1. The summed E-state index contributed by atoms with van der Waals surface area (Å²) in [6.45, 7) is 0. The fourth-order valence-corrected chi connectivity index (χ4v) is 1.84. The summed E-state index contributed by atoms with van der Waals surface area (Å²) in [6.07, 6.45) is -1.49. The molecule has 1 heterocycles. The van der Waals surface area contributed by atoms with Crippen LogP contribution in [-0.4, -0.2) is 25.3 Å². The van der Waals surface area contributed by atoms with E-state index in [9.17, 15) is 13.6 Å². The summed E-state index contributed by atoms with van der Waals surface area (Å²) in [4.78, 5) is 12.0. The van der Waals surface area contributed by atoms with Crippen molar-refractivity contribution >= 4 is 16.8 Å². The Morgan fingerprint density at radius 1 is 1.39 bits per heavy atom. The van der Waals surface area contributed by atoms with E-state index >= 15 is 0 Å². The highest BCUT2D eigenvalue weighted by Crippen LogP contribution is 2.19. The third kappa shape index (κ3) is 2.56.